The minimum Gasteiger partial charge on any atom is -0.387 e. The van der Waals surface area contributed by atoms with Crippen LogP contribution in [0.2, 0.25) is 0 Å². The van der Waals surface area contributed by atoms with Gasteiger partial charge >= 0.3 is 0 Å². The number of hydrogen-bond acceptors (Lipinski definition) is 4. The van der Waals surface area contributed by atoms with E-state index in [0.717, 1.165) is 54.1 Å². The van der Waals surface area contributed by atoms with Gasteiger partial charge < -0.3 is 20.7 Å². The molecule has 0 saturated carbocycles. The van der Waals surface area contributed by atoms with Gasteiger partial charge in [-0.3, -0.25) is 4.98 Å². The second kappa shape index (κ2) is 8.08. The third-order valence-corrected chi connectivity index (χ3v) is 6.30. The highest BCUT2D eigenvalue weighted by molar-refractivity contribution is 5.85. The molecule has 0 bridgehead atoms. The van der Waals surface area contributed by atoms with Crippen molar-refractivity contribution in [1.82, 2.24) is 9.97 Å². The SMILES string of the molecule is Cc1cc(Nc2ccnc3c2CCC3O)ccc1NCCc1c[nH]c2c(C)cccc12. The van der Waals surface area contributed by atoms with Crippen LogP contribution in [0.1, 0.15) is 40.5 Å². The maximum absolute atomic E-state index is 10.1. The summed E-state index contributed by atoms with van der Waals surface area (Å²) in [4.78, 5) is 7.76. The normalized spacial score (nSPS) is 15.3. The van der Waals surface area contributed by atoms with Gasteiger partial charge in [-0.1, -0.05) is 18.2 Å². The highest BCUT2D eigenvalue weighted by Crippen LogP contribution is 2.35. The van der Waals surface area contributed by atoms with Gasteiger partial charge in [-0.15, -0.1) is 0 Å². The number of aryl methyl sites for hydroxylation is 2. The molecule has 5 rings (SSSR count). The summed E-state index contributed by atoms with van der Waals surface area (Å²) >= 11 is 0. The summed E-state index contributed by atoms with van der Waals surface area (Å²) < 4.78 is 0. The van der Waals surface area contributed by atoms with E-state index in [1.54, 1.807) is 6.20 Å². The number of benzene rings is 2. The summed E-state index contributed by atoms with van der Waals surface area (Å²) in [5, 5.41) is 18.5. The molecule has 2 aromatic carbocycles. The summed E-state index contributed by atoms with van der Waals surface area (Å²) in [7, 11) is 0. The Bertz CT molecular complexity index is 1240. The van der Waals surface area contributed by atoms with Crippen molar-refractivity contribution < 1.29 is 5.11 Å². The summed E-state index contributed by atoms with van der Waals surface area (Å²) in [6, 6.07) is 14.8. The van der Waals surface area contributed by atoms with Crippen molar-refractivity contribution >= 4 is 28.0 Å². The quantitative estimate of drug-likeness (QED) is 0.335. The lowest BCUT2D eigenvalue weighted by Gasteiger charge is -2.14. The second-order valence-electron chi connectivity index (χ2n) is 8.42. The first-order valence-corrected chi connectivity index (χ1v) is 10.9. The lowest BCUT2D eigenvalue weighted by atomic mass is 10.1. The molecule has 0 radical (unpaired) electrons. The van der Waals surface area contributed by atoms with Crippen LogP contribution in [-0.2, 0) is 12.8 Å². The molecule has 158 valence electrons. The monoisotopic (exact) mass is 412 g/mol. The number of nitrogens with zero attached hydrogens (tertiary/aromatic N) is 1. The maximum Gasteiger partial charge on any atom is 0.0966 e. The van der Waals surface area contributed by atoms with Crippen LogP contribution in [0.3, 0.4) is 0 Å². The Balaban J connectivity index is 1.25. The Labute approximate surface area is 182 Å². The van der Waals surface area contributed by atoms with Crippen molar-refractivity contribution in [2.24, 2.45) is 0 Å². The zero-order valence-electron chi connectivity index (χ0n) is 18.0. The van der Waals surface area contributed by atoms with E-state index in [1.165, 1.54) is 27.6 Å². The minimum absolute atomic E-state index is 0.439. The number of aliphatic hydroxyl groups is 1. The first-order chi connectivity index (χ1) is 15.1. The van der Waals surface area contributed by atoms with Crippen molar-refractivity contribution in [2.75, 3.05) is 17.2 Å². The van der Waals surface area contributed by atoms with E-state index in [0.29, 0.717) is 0 Å². The number of hydrogen-bond donors (Lipinski definition) is 4. The van der Waals surface area contributed by atoms with E-state index in [4.69, 9.17) is 0 Å². The van der Waals surface area contributed by atoms with Crippen LogP contribution in [0.5, 0.6) is 0 Å². The van der Waals surface area contributed by atoms with Gasteiger partial charge in [-0.05, 0) is 79.6 Å². The largest absolute Gasteiger partial charge is 0.387 e. The number of aromatic nitrogens is 2. The minimum atomic E-state index is -0.439. The molecule has 2 aromatic heterocycles. The number of para-hydroxylation sites is 1. The number of nitrogens with one attached hydrogen (secondary N) is 3. The zero-order valence-corrected chi connectivity index (χ0v) is 18.0. The first-order valence-electron chi connectivity index (χ1n) is 10.9. The third-order valence-electron chi connectivity index (χ3n) is 6.30. The molecule has 31 heavy (non-hydrogen) atoms. The molecule has 0 spiro atoms. The number of aliphatic hydroxyl groups excluding tert-OH is 1. The Kier molecular flexibility index (Phi) is 5.12. The number of rotatable bonds is 6. The Hall–Kier alpha value is -3.31. The number of fused-ring (bicyclic) bond motifs is 2. The van der Waals surface area contributed by atoms with Gasteiger partial charge in [0, 0.05) is 46.9 Å². The van der Waals surface area contributed by atoms with Crippen molar-refractivity contribution in [2.45, 2.75) is 39.2 Å². The van der Waals surface area contributed by atoms with Crippen LogP contribution in [0.4, 0.5) is 17.1 Å². The molecule has 1 aliphatic rings. The summed E-state index contributed by atoms with van der Waals surface area (Å²) in [5.74, 6) is 0. The molecule has 0 aliphatic heterocycles. The molecule has 1 atom stereocenters. The number of anilines is 3. The molecular weight excluding hydrogens is 384 g/mol. The van der Waals surface area contributed by atoms with E-state index in [1.807, 2.05) is 6.07 Å². The lowest BCUT2D eigenvalue weighted by molar-refractivity contribution is 0.176. The Morgan fingerprint density at radius 1 is 1.10 bits per heavy atom. The van der Waals surface area contributed by atoms with E-state index < -0.39 is 6.10 Å². The summed E-state index contributed by atoms with van der Waals surface area (Å²) in [6.07, 6.45) is 6.03. The summed E-state index contributed by atoms with van der Waals surface area (Å²) in [5.41, 5.74) is 10.2. The van der Waals surface area contributed by atoms with Crippen LogP contribution in [-0.4, -0.2) is 21.6 Å². The zero-order chi connectivity index (χ0) is 21.4. The molecular formula is C26H28N4O. The number of pyridine rings is 1. The van der Waals surface area contributed by atoms with Crippen molar-refractivity contribution in [3.8, 4) is 0 Å². The number of H-pyrrole nitrogens is 1. The fourth-order valence-electron chi connectivity index (χ4n) is 4.59. The predicted octanol–water partition coefficient (Wildman–Crippen LogP) is 5.56. The molecule has 4 N–H and O–H groups in total. The standard InChI is InChI=1S/C26H28N4O/c1-16-4-3-5-20-18(15-29-25(16)20)10-12-27-22-8-6-19(14-17(22)2)30-23-11-13-28-26-21(23)7-9-24(26)31/h3-6,8,11,13-15,24,27,29,31H,7,9-10,12H2,1-2H3,(H,28,30). The smallest absolute Gasteiger partial charge is 0.0966 e. The van der Waals surface area contributed by atoms with Gasteiger partial charge in [-0.25, -0.2) is 0 Å². The van der Waals surface area contributed by atoms with Crippen LogP contribution in [0.15, 0.2) is 54.9 Å². The molecule has 5 nitrogen and oxygen atoms in total. The summed E-state index contributed by atoms with van der Waals surface area (Å²) in [6.45, 7) is 5.15. The van der Waals surface area contributed by atoms with Crippen LogP contribution in [0, 0.1) is 13.8 Å². The van der Waals surface area contributed by atoms with E-state index in [2.05, 4.69) is 77.0 Å². The van der Waals surface area contributed by atoms with Crippen LogP contribution < -0.4 is 10.6 Å². The van der Waals surface area contributed by atoms with Gasteiger partial charge in [0.15, 0.2) is 0 Å². The molecule has 0 fully saturated rings. The van der Waals surface area contributed by atoms with Crippen molar-refractivity contribution in [3.63, 3.8) is 0 Å². The maximum atomic E-state index is 10.1. The van der Waals surface area contributed by atoms with Crippen molar-refractivity contribution in [1.29, 1.82) is 0 Å². The first kappa shape index (κ1) is 19.6. The van der Waals surface area contributed by atoms with Gasteiger partial charge in [-0.2, -0.15) is 0 Å². The predicted molar refractivity (Wildman–Crippen MR) is 127 cm³/mol. The van der Waals surface area contributed by atoms with E-state index >= 15 is 0 Å². The third kappa shape index (κ3) is 3.77. The van der Waals surface area contributed by atoms with Gasteiger partial charge in [0.1, 0.15) is 0 Å². The van der Waals surface area contributed by atoms with E-state index in [9.17, 15) is 5.11 Å². The average molecular weight is 413 g/mol. The lowest BCUT2D eigenvalue weighted by Crippen LogP contribution is -2.06. The fourth-order valence-corrected chi connectivity index (χ4v) is 4.59. The highest BCUT2D eigenvalue weighted by Gasteiger charge is 2.24. The topological polar surface area (TPSA) is 73.0 Å². The Morgan fingerprint density at radius 2 is 2.00 bits per heavy atom. The molecule has 4 aromatic rings. The number of aromatic amines is 1. The average Bonchev–Trinajstić information content (AvgIpc) is 3.35. The van der Waals surface area contributed by atoms with E-state index in [-0.39, 0.29) is 0 Å². The molecule has 0 saturated heterocycles. The Morgan fingerprint density at radius 3 is 2.87 bits per heavy atom. The molecule has 1 aliphatic carbocycles. The molecule has 5 heteroatoms. The van der Waals surface area contributed by atoms with Gasteiger partial charge in [0.2, 0.25) is 0 Å². The van der Waals surface area contributed by atoms with Crippen LogP contribution >= 0.6 is 0 Å². The molecule has 0 amide bonds. The molecule has 2 heterocycles. The van der Waals surface area contributed by atoms with Gasteiger partial charge in [0.25, 0.3) is 0 Å². The highest BCUT2D eigenvalue weighted by atomic mass is 16.3. The van der Waals surface area contributed by atoms with Gasteiger partial charge in [0.05, 0.1) is 11.8 Å². The van der Waals surface area contributed by atoms with Crippen molar-refractivity contribution in [3.05, 3.63) is 82.8 Å². The molecule has 1 unspecified atom stereocenters. The second-order valence-corrected chi connectivity index (χ2v) is 8.42. The van der Waals surface area contributed by atoms with Crippen LogP contribution in [0.25, 0.3) is 10.9 Å². The fraction of sp³-hybridized carbons (Fsp3) is 0.269.